The topological polar surface area (TPSA) is 70.6 Å². The Labute approximate surface area is 80.7 Å². The number of benzene rings is 1. The molecule has 0 atom stereocenters. The van der Waals surface area contributed by atoms with Gasteiger partial charge in [-0.25, -0.2) is 10.2 Å². The molecule has 0 aliphatic carbocycles. The summed E-state index contributed by atoms with van der Waals surface area (Å²) in [5.41, 5.74) is 6.40. The third-order valence-corrected chi connectivity index (χ3v) is 2.02. The van der Waals surface area contributed by atoms with Crippen molar-refractivity contribution >= 4 is 11.8 Å². The van der Waals surface area contributed by atoms with Gasteiger partial charge in [-0.15, -0.1) is 0 Å². The van der Waals surface area contributed by atoms with Crippen LogP contribution < -0.4 is 15.6 Å². The quantitative estimate of drug-likeness (QED) is 0.619. The molecule has 1 aliphatic heterocycles. The molecule has 0 spiro atoms. The predicted molar refractivity (Wildman–Crippen MR) is 50.4 cm³/mol. The number of anilines is 1. The minimum Gasteiger partial charge on any atom is -0.491 e. The monoisotopic (exact) mass is 194 g/mol. The highest BCUT2D eigenvalue weighted by Gasteiger charge is 2.15. The fourth-order valence-electron chi connectivity index (χ4n) is 1.43. The molecule has 2 rings (SSSR count). The SMILES string of the molecule is O=C(O)NNc1cccc2c1OCC2. The van der Waals surface area contributed by atoms with Crippen molar-refractivity contribution in [3.63, 3.8) is 0 Å². The maximum Gasteiger partial charge on any atom is 0.423 e. The number of hydrogen-bond acceptors (Lipinski definition) is 3. The second kappa shape index (κ2) is 3.45. The van der Waals surface area contributed by atoms with Crippen LogP contribution in [0.3, 0.4) is 0 Å². The second-order valence-corrected chi connectivity index (χ2v) is 2.95. The Bertz CT molecular complexity index is 365. The minimum absolute atomic E-state index is 0.654. The molecule has 1 amide bonds. The molecule has 5 heteroatoms. The van der Waals surface area contributed by atoms with Crippen molar-refractivity contribution in [3.8, 4) is 5.75 Å². The van der Waals surface area contributed by atoms with Gasteiger partial charge in [0.1, 0.15) is 5.75 Å². The van der Waals surface area contributed by atoms with Crippen molar-refractivity contribution in [2.75, 3.05) is 12.0 Å². The van der Waals surface area contributed by atoms with Gasteiger partial charge in [0.25, 0.3) is 0 Å². The molecular weight excluding hydrogens is 184 g/mol. The third kappa shape index (κ3) is 1.56. The summed E-state index contributed by atoms with van der Waals surface area (Å²) in [6.45, 7) is 0.654. The molecule has 14 heavy (non-hydrogen) atoms. The number of carboxylic acid groups (broad SMARTS) is 1. The second-order valence-electron chi connectivity index (χ2n) is 2.95. The van der Waals surface area contributed by atoms with Crippen LogP contribution in [0, 0.1) is 0 Å². The standard InChI is InChI=1S/C9H10N2O3/c12-9(13)11-10-7-3-1-2-6-4-5-14-8(6)7/h1-3,10-11H,4-5H2,(H,12,13). The lowest BCUT2D eigenvalue weighted by atomic mass is 10.1. The number of fused-ring (bicyclic) bond motifs is 1. The molecule has 1 aliphatic rings. The van der Waals surface area contributed by atoms with E-state index in [1.807, 2.05) is 12.1 Å². The lowest BCUT2D eigenvalue weighted by Gasteiger charge is -2.09. The van der Waals surface area contributed by atoms with Gasteiger partial charge in [-0.3, -0.25) is 5.43 Å². The highest BCUT2D eigenvalue weighted by Crippen LogP contribution is 2.32. The average molecular weight is 194 g/mol. The molecule has 0 bridgehead atoms. The van der Waals surface area contributed by atoms with Crippen LogP contribution in [0.15, 0.2) is 18.2 Å². The summed E-state index contributed by atoms with van der Waals surface area (Å²) in [5.74, 6) is 0.737. The molecular formula is C9H10N2O3. The molecule has 0 unspecified atom stereocenters. The van der Waals surface area contributed by atoms with Crippen LogP contribution in [0.5, 0.6) is 5.75 Å². The van der Waals surface area contributed by atoms with Gasteiger partial charge < -0.3 is 9.84 Å². The normalized spacial score (nSPS) is 12.9. The summed E-state index contributed by atoms with van der Waals surface area (Å²) in [6.07, 6.45) is -0.252. The molecule has 1 aromatic carbocycles. The summed E-state index contributed by atoms with van der Waals surface area (Å²) in [5, 5.41) is 8.41. The molecule has 0 saturated carbocycles. The van der Waals surface area contributed by atoms with Crippen LogP contribution in [0.1, 0.15) is 5.56 Å². The van der Waals surface area contributed by atoms with Gasteiger partial charge in [0.2, 0.25) is 0 Å². The Balaban J connectivity index is 2.17. The van der Waals surface area contributed by atoms with Gasteiger partial charge >= 0.3 is 6.09 Å². The zero-order chi connectivity index (χ0) is 9.97. The molecule has 74 valence electrons. The van der Waals surface area contributed by atoms with Crippen molar-refractivity contribution in [1.82, 2.24) is 5.43 Å². The summed E-state index contributed by atoms with van der Waals surface area (Å²) in [4.78, 5) is 10.3. The molecule has 1 heterocycles. The molecule has 0 fully saturated rings. The van der Waals surface area contributed by atoms with Crippen LogP contribution >= 0.6 is 0 Å². The molecule has 0 radical (unpaired) electrons. The number of rotatable bonds is 2. The number of amides is 1. The predicted octanol–water partition coefficient (Wildman–Crippen LogP) is 1.22. The first-order valence-corrected chi connectivity index (χ1v) is 4.27. The van der Waals surface area contributed by atoms with E-state index < -0.39 is 6.09 Å². The van der Waals surface area contributed by atoms with Crippen molar-refractivity contribution < 1.29 is 14.6 Å². The zero-order valence-electron chi connectivity index (χ0n) is 7.41. The van der Waals surface area contributed by atoms with Gasteiger partial charge in [-0.2, -0.15) is 0 Å². The van der Waals surface area contributed by atoms with Crippen LogP contribution in [-0.4, -0.2) is 17.8 Å². The van der Waals surface area contributed by atoms with Crippen LogP contribution in [0.2, 0.25) is 0 Å². The fraction of sp³-hybridized carbons (Fsp3) is 0.222. The lowest BCUT2D eigenvalue weighted by molar-refractivity contribution is 0.197. The van der Waals surface area contributed by atoms with E-state index in [9.17, 15) is 4.79 Å². The first-order chi connectivity index (χ1) is 6.77. The van der Waals surface area contributed by atoms with Crippen molar-refractivity contribution in [2.45, 2.75) is 6.42 Å². The summed E-state index contributed by atoms with van der Waals surface area (Å²) < 4.78 is 5.37. The van der Waals surface area contributed by atoms with E-state index in [4.69, 9.17) is 9.84 Å². The Hall–Kier alpha value is -1.91. The summed E-state index contributed by atoms with van der Waals surface area (Å²) in [6, 6.07) is 5.59. The van der Waals surface area contributed by atoms with E-state index >= 15 is 0 Å². The minimum atomic E-state index is -1.12. The molecule has 3 N–H and O–H groups in total. The number of para-hydroxylation sites is 1. The largest absolute Gasteiger partial charge is 0.491 e. The van der Waals surface area contributed by atoms with E-state index in [1.165, 1.54) is 0 Å². The van der Waals surface area contributed by atoms with Crippen molar-refractivity contribution in [1.29, 1.82) is 0 Å². The van der Waals surface area contributed by atoms with Gasteiger partial charge in [0.15, 0.2) is 0 Å². The fourth-order valence-corrected chi connectivity index (χ4v) is 1.43. The number of hydrazine groups is 1. The number of carbonyl (C=O) groups is 1. The Morgan fingerprint density at radius 2 is 2.36 bits per heavy atom. The first kappa shape index (κ1) is 8.68. The maximum absolute atomic E-state index is 10.3. The van der Waals surface area contributed by atoms with E-state index in [1.54, 1.807) is 6.07 Å². The number of ether oxygens (including phenoxy) is 1. The summed E-state index contributed by atoms with van der Waals surface area (Å²) >= 11 is 0. The van der Waals surface area contributed by atoms with Crippen molar-refractivity contribution in [3.05, 3.63) is 23.8 Å². The molecule has 5 nitrogen and oxygen atoms in total. The average Bonchev–Trinajstić information content (AvgIpc) is 2.62. The van der Waals surface area contributed by atoms with Gasteiger partial charge in [0, 0.05) is 6.42 Å². The van der Waals surface area contributed by atoms with Crippen molar-refractivity contribution in [2.24, 2.45) is 0 Å². The van der Waals surface area contributed by atoms with Crippen LogP contribution in [0.4, 0.5) is 10.5 Å². The lowest BCUT2D eigenvalue weighted by Crippen LogP contribution is -2.27. The van der Waals surface area contributed by atoms with Crippen LogP contribution in [-0.2, 0) is 6.42 Å². The number of hydrogen-bond donors (Lipinski definition) is 3. The summed E-state index contributed by atoms with van der Waals surface area (Å²) in [7, 11) is 0. The first-order valence-electron chi connectivity index (χ1n) is 4.27. The van der Waals surface area contributed by atoms with Gasteiger partial charge in [-0.1, -0.05) is 12.1 Å². The Morgan fingerprint density at radius 3 is 3.14 bits per heavy atom. The molecule has 1 aromatic rings. The Morgan fingerprint density at radius 1 is 1.50 bits per heavy atom. The van der Waals surface area contributed by atoms with E-state index in [2.05, 4.69) is 10.9 Å². The molecule has 0 aromatic heterocycles. The van der Waals surface area contributed by atoms with E-state index in [0.29, 0.717) is 12.3 Å². The Kier molecular flexibility index (Phi) is 2.14. The molecule has 0 saturated heterocycles. The zero-order valence-corrected chi connectivity index (χ0v) is 7.41. The van der Waals surface area contributed by atoms with E-state index in [-0.39, 0.29) is 0 Å². The maximum atomic E-state index is 10.3. The van der Waals surface area contributed by atoms with Gasteiger partial charge in [0.05, 0.1) is 12.3 Å². The third-order valence-electron chi connectivity index (χ3n) is 2.02. The van der Waals surface area contributed by atoms with Gasteiger partial charge in [-0.05, 0) is 11.6 Å². The highest BCUT2D eigenvalue weighted by molar-refractivity contribution is 5.69. The smallest absolute Gasteiger partial charge is 0.423 e. The van der Waals surface area contributed by atoms with Crippen LogP contribution in [0.25, 0.3) is 0 Å². The highest BCUT2D eigenvalue weighted by atomic mass is 16.5. The number of nitrogens with one attached hydrogen (secondary N) is 2. The van der Waals surface area contributed by atoms with E-state index in [0.717, 1.165) is 17.7 Å².